The number of aromatic nitrogens is 2. The number of hydrogen-bond acceptors (Lipinski definition) is 7. The van der Waals surface area contributed by atoms with Crippen molar-refractivity contribution >= 4 is 21.9 Å². The van der Waals surface area contributed by atoms with Crippen molar-refractivity contribution in [3.8, 4) is 17.2 Å². The average Bonchev–Trinajstić information content (AvgIpc) is 3.28. The van der Waals surface area contributed by atoms with Gasteiger partial charge in [0, 0.05) is 23.7 Å². The number of carbonyl (C=O) groups is 1. The molecule has 1 atom stereocenters. The second-order valence-corrected chi connectivity index (χ2v) is 9.47. The summed E-state index contributed by atoms with van der Waals surface area (Å²) in [5.41, 5.74) is 0.927. The van der Waals surface area contributed by atoms with Gasteiger partial charge in [-0.1, -0.05) is 17.6 Å². The molecule has 0 bridgehead atoms. The molecule has 1 N–H and O–H groups in total. The minimum atomic E-state index is -3.60. The first-order chi connectivity index (χ1) is 15.4. The highest BCUT2D eigenvalue weighted by molar-refractivity contribution is 7.89. The maximum atomic E-state index is 12.9. The summed E-state index contributed by atoms with van der Waals surface area (Å²) < 4.78 is 38.1. The van der Waals surface area contributed by atoms with Crippen molar-refractivity contribution in [2.45, 2.75) is 37.1 Å². The van der Waals surface area contributed by atoms with E-state index in [1.807, 2.05) is 6.92 Å². The van der Waals surface area contributed by atoms with E-state index in [-0.39, 0.29) is 28.4 Å². The van der Waals surface area contributed by atoms with Crippen LogP contribution in [0.1, 0.15) is 36.5 Å². The summed E-state index contributed by atoms with van der Waals surface area (Å²) in [6, 6.07) is 12.8. The zero-order valence-electron chi connectivity index (χ0n) is 17.8. The van der Waals surface area contributed by atoms with Crippen LogP contribution in [0, 0.1) is 0 Å². The van der Waals surface area contributed by atoms with Crippen molar-refractivity contribution in [3.05, 3.63) is 54.1 Å². The number of rotatable bonds is 6. The van der Waals surface area contributed by atoms with Gasteiger partial charge in [0.2, 0.25) is 15.9 Å². The number of hydrogen-bond donors (Lipinski definition) is 1. The maximum Gasteiger partial charge on any atom is 0.322 e. The van der Waals surface area contributed by atoms with E-state index in [4.69, 9.17) is 9.15 Å². The molecule has 0 unspecified atom stereocenters. The molecular weight excluding hydrogens is 432 g/mol. The molecule has 1 aliphatic heterocycles. The van der Waals surface area contributed by atoms with Crippen LogP contribution in [-0.2, 0) is 10.0 Å². The molecule has 1 amide bonds. The van der Waals surface area contributed by atoms with Gasteiger partial charge in [0.25, 0.3) is 5.91 Å². The molecule has 1 fully saturated rings. The molecule has 0 aliphatic carbocycles. The minimum Gasteiger partial charge on any atom is -0.497 e. The van der Waals surface area contributed by atoms with Crippen molar-refractivity contribution in [1.29, 1.82) is 0 Å². The molecule has 1 aromatic heterocycles. The number of sulfonamides is 1. The maximum absolute atomic E-state index is 12.9. The standard InChI is InChI=1S/C22H24N4O5S/c1-15-6-3-4-13-26(15)32(28,29)19-11-9-16(10-12-19)20(27)23-22-25-24-21(31-22)17-7-5-8-18(14-17)30-2/h5,7-12,14-15H,3-4,6,13H2,1-2H3,(H,23,25,27)/t15-/m0/s1. The number of piperidine rings is 1. The zero-order valence-corrected chi connectivity index (χ0v) is 18.6. The summed E-state index contributed by atoms with van der Waals surface area (Å²) in [6.45, 7) is 2.43. The van der Waals surface area contributed by atoms with E-state index in [0.717, 1.165) is 19.3 Å². The number of nitrogens with zero attached hydrogens (tertiary/aromatic N) is 3. The first kappa shape index (κ1) is 22.0. The molecule has 9 nitrogen and oxygen atoms in total. The summed E-state index contributed by atoms with van der Waals surface area (Å²) in [4.78, 5) is 12.7. The summed E-state index contributed by atoms with van der Waals surface area (Å²) >= 11 is 0. The lowest BCUT2D eigenvalue weighted by Gasteiger charge is -2.32. The molecule has 4 rings (SSSR count). The fourth-order valence-electron chi connectivity index (χ4n) is 3.66. The lowest BCUT2D eigenvalue weighted by Crippen LogP contribution is -2.41. The summed E-state index contributed by atoms with van der Waals surface area (Å²) in [6.07, 6.45) is 2.73. The Morgan fingerprint density at radius 1 is 1.16 bits per heavy atom. The Bertz CT molecular complexity index is 1210. The number of amides is 1. The lowest BCUT2D eigenvalue weighted by molar-refractivity contribution is 0.102. The smallest absolute Gasteiger partial charge is 0.322 e. The van der Waals surface area contributed by atoms with Crippen LogP contribution in [0.4, 0.5) is 6.01 Å². The summed E-state index contributed by atoms with van der Waals surface area (Å²) in [5.74, 6) is 0.387. The van der Waals surface area contributed by atoms with Crippen LogP contribution in [0.3, 0.4) is 0 Å². The molecule has 0 saturated carbocycles. The Morgan fingerprint density at radius 3 is 2.66 bits per heavy atom. The summed E-state index contributed by atoms with van der Waals surface area (Å²) in [5, 5.41) is 10.3. The lowest BCUT2D eigenvalue weighted by atomic mass is 10.1. The van der Waals surface area contributed by atoms with Crippen LogP contribution in [0.25, 0.3) is 11.5 Å². The van der Waals surface area contributed by atoms with E-state index >= 15 is 0 Å². The minimum absolute atomic E-state index is 0.0342. The van der Waals surface area contributed by atoms with Crippen molar-refractivity contribution < 1.29 is 22.4 Å². The van der Waals surface area contributed by atoms with Crippen molar-refractivity contribution in [2.24, 2.45) is 0 Å². The third kappa shape index (κ3) is 4.51. The highest BCUT2D eigenvalue weighted by atomic mass is 32.2. The van der Waals surface area contributed by atoms with E-state index < -0.39 is 15.9 Å². The molecule has 32 heavy (non-hydrogen) atoms. The van der Waals surface area contributed by atoms with Gasteiger partial charge in [-0.05, 0) is 62.2 Å². The Labute approximate surface area is 186 Å². The first-order valence-corrected chi connectivity index (χ1v) is 11.7. The third-order valence-electron chi connectivity index (χ3n) is 5.43. The molecule has 0 radical (unpaired) electrons. The van der Waals surface area contributed by atoms with Gasteiger partial charge < -0.3 is 9.15 Å². The van der Waals surface area contributed by atoms with Gasteiger partial charge in [-0.15, -0.1) is 5.10 Å². The van der Waals surface area contributed by atoms with Crippen LogP contribution >= 0.6 is 0 Å². The molecule has 0 spiro atoms. The van der Waals surface area contributed by atoms with Crippen LogP contribution in [-0.4, -0.2) is 48.5 Å². The van der Waals surface area contributed by atoms with Gasteiger partial charge in [-0.2, -0.15) is 4.31 Å². The van der Waals surface area contributed by atoms with Gasteiger partial charge in [0.05, 0.1) is 12.0 Å². The van der Waals surface area contributed by atoms with Gasteiger partial charge in [-0.3, -0.25) is 10.1 Å². The summed E-state index contributed by atoms with van der Waals surface area (Å²) in [7, 11) is -2.04. The number of carbonyl (C=O) groups excluding carboxylic acids is 1. The molecule has 2 heterocycles. The Morgan fingerprint density at radius 2 is 1.94 bits per heavy atom. The van der Waals surface area contributed by atoms with E-state index in [0.29, 0.717) is 17.9 Å². The second-order valence-electron chi connectivity index (χ2n) is 7.58. The molecule has 168 valence electrons. The fraction of sp³-hybridized carbons (Fsp3) is 0.318. The molecule has 10 heteroatoms. The molecular formula is C22H24N4O5S. The van der Waals surface area contributed by atoms with E-state index in [9.17, 15) is 13.2 Å². The van der Waals surface area contributed by atoms with Gasteiger partial charge in [0.1, 0.15) is 5.75 Å². The van der Waals surface area contributed by atoms with E-state index in [1.54, 1.807) is 31.4 Å². The van der Waals surface area contributed by atoms with E-state index in [2.05, 4.69) is 15.5 Å². The molecule has 1 aliphatic rings. The third-order valence-corrected chi connectivity index (χ3v) is 7.46. The Hall–Kier alpha value is -3.24. The molecule has 2 aromatic carbocycles. The number of methoxy groups -OCH3 is 1. The molecule has 1 saturated heterocycles. The first-order valence-electron chi connectivity index (χ1n) is 10.3. The van der Waals surface area contributed by atoms with Crippen LogP contribution in [0.15, 0.2) is 57.8 Å². The van der Waals surface area contributed by atoms with Gasteiger partial charge >= 0.3 is 6.01 Å². The predicted molar refractivity (Wildman–Crippen MR) is 118 cm³/mol. The number of nitrogens with one attached hydrogen (secondary N) is 1. The van der Waals surface area contributed by atoms with Crippen molar-refractivity contribution in [2.75, 3.05) is 19.0 Å². The monoisotopic (exact) mass is 456 g/mol. The number of anilines is 1. The quantitative estimate of drug-likeness (QED) is 0.603. The number of ether oxygens (including phenoxy) is 1. The normalized spacial score (nSPS) is 17.1. The van der Waals surface area contributed by atoms with Crippen molar-refractivity contribution in [3.63, 3.8) is 0 Å². The largest absolute Gasteiger partial charge is 0.497 e. The Kier molecular flexibility index (Phi) is 6.24. The van der Waals surface area contributed by atoms with Gasteiger partial charge in [0.15, 0.2) is 0 Å². The van der Waals surface area contributed by atoms with Crippen LogP contribution in [0.2, 0.25) is 0 Å². The van der Waals surface area contributed by atoms with Crippen LogP contribution < -0.4 is 10.1 Å². The van der Waals surface area contributed by atoms with Crippen LogP contribution in [0.5, 0.6) is 5.75 Å². The molecule has 3 aromatic rings. The number of benzene rings is 2. The fourth-order valence-corrected chi connectivity index (χ4v) is 5.36. The topological polar surface area (TPSA) is 115 Å². The van der Waals surface area contributed by atoms with Crippen molar-refractivity contribution in [1.82, 2.24) is 14.5 Å². The Balaban J connectivity index is 1.46. The zero-order chi connectivity index (χ0) is 22.7. The van der Waals surface area contributed by atoms with E-state index in [1.165, 1.54) is 28.6 Å². The predicted octanol–water partition coefficient (Wildman–Crippen LogP) is 3.56. The average molecular weight is 457 g/mol. The highest BCUT2D eigenvalue weighted by Crippen LogP contribution is 2.26. The highest BCUT2D eigenvalue weighted by Gasteiger charge is 2.31. The van der Waals surface area contributed by atoms with Gasteiger partial charge in [-0.25, -0.2) is 8.42 Å². The SMILES string of the molecule is COc1cccc(-c2nnc(NC(=O)c3ccc(S(=O)(=O)N4CCCC[C@@H]4C)cc3)o2)c1. The second kappa shape index (κ2) is 9.09.